The number of hydrogen-bond acceptors (Lipinski definition) is 5. The van der Waals surface area contributed by atoms with Gasteiger partial charge in [0.2, 0.25) is 0 Å². The molecule has 0 fully saturated rings. The summed E-state index contributed by atoms with van der Waals surface area (Å²) in [7, 11) is 2.54. The molecule has 0 aliphatic heterocycles. The molecule has 0 aliphatic rings. The molecule has 0 unspecified atom stereocenters. The number of carbonyl (C=O) groups is 3. The van der Waals surface area contributed by atoms with Gasteiger partial charge in [-0.2, -0.15) is 0 Å². The van der Waals surface area contributed by atoms with Gasteiger partial charge in [0, 0.05) is 18.4 Å². The van der Waals surface area contributed by atoms with E-state index in [0.717, 1.165) is 0 Å². The van der Waals surface area contributed by atoms with Gasteiger partial charge in [-0.3, -0.25) is 9.59 Å². The van der Waals surface area contributed by atoms with Crippen molar-refractivity contribution in [1.29, 1.82) is 0 Å². The van der Waals surface area contributed by atoms with Crippen LogP contribution in [0, 0.1) is 0 Å². The number of ether oxygens (including phenoxy) is 2. The van der Waals surface area contributed by atoms with Crippen LogP contribution in [0.25, 0.3) is 0 Å². The number of hydrogen-bond donors (Lipinski definition) is 0. The highest BCUT2D eigenvalue weighted by Crippen LogP contribution is 2.07. The highest BCUT2D eigenvalue weighted by Gasteiger charge is 2.11. The number of ketones is 1. The summed E-state index contributed by atoms with van der Waals surface area (Å²) in [6.07, 6.45) is 2.08. The summed E-state index contributed by atoms with van der Waals surface area (Å²) in [5.41, 5.74) is 0.277. The van der Waals surface area contributed by atoms with E-state index < -0.39 is 5.97 Å². The fourth-order valence-corrected chi connectivity index (χ4v) is 1.09. The van der Waals surface area contributed by atoms with Gasteiger partial charge in [-0.1, -0.05) is 6.08 Å². The molecule has 0 aromatic carbocycles. The Kier molecular flexibility index (Phi) is 6.83. The topological polar surface area (TPSA) is 69.7 Å². The van der Waals surface area contributed by atoms with Gasteiger partial charge in [0.1, 0.15) is 5.78 Å². The monoisotopic (exact) mass is 228 g/mol. The van der Waals surface area contributed by atoms with Crippen LogP contribution in [0.3, 0.4) is 0 Å². The normalized spacial score (nSPS) is 10.8. The summed E-state index contributed by atoms with van der Waals surface area (Å²) in [6.45, 7) is 1.39. The lowest BCUT2D eigenvalue weighted by molar-refractivity contribution is -0.140. The Balaban J connectivity index is 4.38. The maximum absolute atomic E-state index is 11.2. The molecule has 5 nitrogen and oxygen atoms in total. The van der Waals surface area contributed by atoms with E-state index in [-0.39, 0.29) is 30.2 Å². The first-order valence-corrected chi connectivity index (χ1v) is 4.84. The van der Waals surface area contributed by atoms with Crippen LogP contribution >= 0.6 is 0 Å². The summed E-state index contributed by atoms with van der Waals surface area (Å²) in [4.78, 5) is 32.9. The standard InChI is InChI=1S/C11H16O5/c1-8(12)7-9(11(14)16-3)5-4-6-10(13)15-2/h5H,4,6-7H2,1-3H3/b9-5-. The van der Waals surface area contributed by atoms with E-state index in [1.807, 2.05) is 0 Å². The fraction of sp³-hybridized carbons (Fsp3) is 0.545. The summed E-state index contributed by atoms with van der Waals surface area (Å²) in [5, 5.41) is 0. The molecule has 90 valence electrons. The minimum atomic E-state index is -0.542. The minimum absolute atomic E-state index is 0.0217. The van der Waals surface area contributed by atoms with Crippen molar-refractivity contribution < 1.29 is 23.9 Å². The Bertz CT molecular complexity index is 303. The van der Waals surface area contributed by atoms with Crippen molar-refractivity contribution in [3.63, 3.8) is 0 Å². The predicted octanol–water partition coefficient (Wildman–Crippen LogP) is 1.02. The van der Waals surface area contributed by atoms with Crippen molar-refractivity contribution in [1.82, 2.24) is 0 Å². The zero-order valence-corrected chi connectivity index (χ0v) is 9.74. The molecular weight excluding hydrogens is 212 g/mol. The van der Waals surface area contributed by atoms with Crippen LogP contribution in [-0.4, -0.2) is 31.9 Å². The Morgan fingerprint density at radius 1 is 1.12 bits per heavy atom. The van der Waals surface area contributed by atoms with Crippen molar-refractivity contribution in [3.05, 3.63) is 11.6 Å². The van der Waals surface area contributed by atoms with Crippen molar-refractivity contribution in [2.24, 2.45) is 0 Å². The van der Waals surface area contributed by atoms with Gasteiger partial charge in [0.15, 0.2) is 0 Å². The first kappa shape index (κ1) is 14.3. The number of rotatable bonds is 6. The summed E-state index contributed by atoms with van der Waals surface area (Å²) in [5.74, 6) is -1.03. The van der Waals surface area contributed by atoms with Crippen LogP contribution in [0.15, 0.2) is 11.6 Å². The maximum atomic E-state index is 11.2. The third-order valence-electron chi connectivity index (χ3n) is 1.85. The molecule has 0 saturated carbocycles. The zero-order chi connectivity index (χ0) is 12.6. The molecule has 0 aromatic heterocycles. The first-order chi connectivity index (χ1) is 7.51. The fourth-order valence-electron chi connectivity index (χ4n) is 1.09. The number of Topliss-reactive ketones (excluding diaryl/α,β-unsaturated/α-hetero) is 1. The molecule has 5 heteroatoms. The van der Waals surface area contributed by atoms with Gasteiger partial charge in [-0.15, -0.1) is 0 Å². The highest BCUT2D eigenvalue weighted by molar-refractivity contribution is 5.95. The van der Waals surface area contributed by atoms with Crippen molar-refractivity contribution in [3.8, 4) is 0 Å². The number of carbonyl (C=O) groups excluding carboxylic acids is 3. The van der Waals surface area contributed by atoms with E-state index in [9.17, 15) is 14.4 Å². The number of methoxy groups -OCH3 is 2. The molecular formula is C11H16O5. The molecule has 0 aromatic rings. The van der Waals surface area contributed by atoms with Crippen LogP contribution < -0.4 is 0 Å². The Labute approximate surface area is 94.4 Å². The lowest BCUT2D eigenvalue weighted by atomic mass is 10.1. The lowest BCUT2D eigenvalue weighted by Gasteiger charge is -2.03. The van der Waals surface area contributed by atoms with E-state index in [4.69, 9.17) is 0 Å². The SMILES string of the molecule is COC(=O)CC/C=C(/CC(C)=O)C(=O)OC. The highest BCUT2D eigenvalue weighted by atomic mass is 16.5. The quantitative estimate of drug-likeness (QED) is 0.501. The van der Waals surface area contributed by atoms with E-state index in [1.54, 1.807) is 0 Å². The summed E-state index contributed by atoms with van der Waals surface area (Å²) < 4.78 is 8.97. The summed E-state index contributed by atoms with van der Waals surface area (Å²) >= 11 is 0. The molecule has 0 heterocycles. The van der Waals surface area contributed by atoms with Gasteiger partial charge < -0.3 is 9.47 Å². The molecule has 0 spiro atoms. The summed E-state index contributed by atoms with van der Waals surface area (Å²) in [6, 6.07) is 0. The van der Waals surface area contributed by atoms with E-state index in [0.29, 0.717) is 6.42 Å². The van der Waals surface area contributed by atoms with Gasteiger partial charge >= 0.3 is 11.9 Å². The first-order valence-electron chi connectivity index (χ1n) is 4.84. The molecule has 0 amide bonds. The molecule has 0 atom stereocenters. The average Bonchev–Trinajstić information content (AvgIpc) is 2.25. The van der Waals surface area contributed by atoms with E-state index in [2.05, 4.69) is 9.47 Å². The largest absolute Gasteiger partial charge is 0.469 e. The second-order valence-electron chi connectivity index (χ2n) is 3.21. The minimum Gasteiger partial charge on any atom is -0.469 e. The maximum Gasteiger partial charge on any atom is 0.333 e. The van der Waals surface area contributed by atoms with Crippen LogP contribution in [0.4, 0.5) is 0 Å². The number of allylic oxidation sites excluding steroid dienone is 1. The zero-order valence-electron chi connectivity index (χ0n) is 9.74. The molecule has 0 radical (unpaired) electrons. The molecule has 0 bridgehead atoms. The lowest BCUT2D eigenvalue weighted by Crippen LogP contribution is -2.08. The Morgan fingerprint density at radius 2 is 1.75 bits per heavy atom. The van der Waals surface area contributed by atoms with Crippen molar-refractivity contribution in [2.45, 2.75) is 26.2 Å². The van der Waals surface area contributed by atoms with Crippen molar-refractivity contribution in [2.75, 3.05) is 14.2 Å². The molecule has 0 aliphatic carbocycles. The Hall–Kier alpha value is -1.65. The second kappa shape index (κ2) is 7.62. The average molecular weight is 228 g/mol. The number of esters is 2. The second-order valence-corrected chi connectivity index (χ2v) is 3.21. The van der Waals surface area contributed by atoms with Crippen LogP contribution in [0.5, 0.6) is 0 Å². The smallest absolute Gasteiger partial charge is 0.333 e. The third kappa shape index (κ3) is 5.95. The van der Waals surface area contributed by atoms with Gasteiger partial charge in [0.25, 0.3) is 0 Å². The predicted molar refractivity (Wildman–Crippen MR) is 56.6 cm³/mol. The molecule has 0 rings (SSSR count). The van der Waals surface area contributed by atoms with E-state index in [1.165, 1.54) is 27.2 Å². The van der Waals surface area contributed by atoms with Crippen LogP contribution in [0.2, 0.25) is 0 Å². The van der Waals surface area contributed by atoms with Gasteiger partial charge in [-0.05, 0) is 13.3 Å². The van der Waals surface area contributed by atoms with Crippen LogP contribution in [0.1, 0.15) is 26.2 Å². The third-order valence-corrected chi connectivity index (χ3v) is 1.85. The van der Waals surface area contributed by atoms with E-state index >= 15 is 0 Å². The molecule has 0 N–H and O–H groups in total. The molecule has 16 heavy (non-hydrogen) atoms. The molecule has 0 saturated heterocycles. The van der Waals surface area contributed by atoms with Gasteiger partial charge in [-0.25, -0.2) is 4.79 Å². The van der Waals surface area contributed by atoms with Crippen molar-refractivity contribution >= 4 is 17.7 Å². The van der Waals surface area contributed by atoms with Gasteiger partial charge in [0.05, 0.1) is 14.2 Å². The van der Waals surface area contributed by atoms with Crippen LogP contribution in [-0.2, 0) is 23.9 Å². The Morgan fingerprint density at radius 3 is 2.19 bits per heavy atom.